The minimum Gasteiger partial charge on any atom is -0.347 e. The maximum atomic E-state index is 14.5. The average Bonchev–Trinajstić information content (AvgIpc) is 3.47. The third-order valence-electron chi connectivity index (χ3n) is 6.01. The van der Waals surface area contributed by atoms with Crippen molar-refractivity contribution in [1.82, 2.24) is 10.2 Å². The molecule has 32 heavy (non-hydrogen) atoms. The maximum Gasteiger partial charge on any atom is 0.254 e. The van der Waals surface area contributed by atoms with E-state index in [1.807, 2.05) is 0 Å². The van der Waals surface area contributed by atoms with Crippen molar-refractivity contribution in [3.63, 3.8) is 0 Å². The predicted octanol–water partition coefficient (Wildman–Crippen LogP) is 3.75. The summed E-state index contributed by atoms with van der Waals surface area (Å²) < 4.78 is 38.2. The molecule has 2 amide bonds. The van der Waals surface area contributed by atoms with Crippen molar-refractivity contribution in [1.29, 1.82) is 0 Å². The van der Waals surface area contributed by atoms with Crippen LogP contribution in [0.4, 0.5) is 4.39 Å². The van der Waals surface area contributed by atoms with E-state index in [-0.39, 0.29) is 27.3 Å². The molecule has 1 aliphatic heterocycles. The summed E-state index contributed by atoms with van der Waals surface area (Å²) >= 11 is 5.87. The highest BCUT2D eigenvalue weighted by Crippen LogP contribution is 2.42. The van der Waals surface area contributed by atoms with Crippen molar-refractivity contribution in [3.05, 3.63) is 64.4 Å². The number of carbonyl (C=O) groups is 2. The smallest absolute Gasteiger partial charge is 0.254 e. The lowest BCUT2D eigenvalue weighted by Gasteiger charge is -2.27. The molecule has 1 heterocycles. The Morgan fingerprint density at radius 3 is 2.56 bits per heavy atom. The Kier molecular flexibility index (Phi) is 6.27. The fraction of sp³-hybridized carbons (Fsp3) is 0.391. The molecule has 4 rings (SSSR count). The molecule has 6 nitrogen and oxygen atoms in total. The van der Waals surface area contributed by atoms with Crippen LogP contribution < -0.4 is 5.32 Å². The van der Waals surface area contributed by atoms with E-state index in [4.69, 9.17) is 11.6 Å². The quantitative estimate of drug-likeness (QED) is 0.685. The Morgan fingerprint density at radius 2 is 1.91 bits per heavy atom. The first kappa shape index (κ1) is 22.7. The molecule has 2 aliphatic rings. The number of likely N-dealkylation sites (tertiary alicyclic amines) is 1. The molecule has 0 unspecified atom stereocenters. The van der Waals surface area contributed by atoms with Crippen LogP contribution in [-0.4, -0.2) is 44.0 Å². The Hall–Kier alpha value is -2.45. The number of amides is 2. The van der Waals surface area contributed by atoms with Crippen LogP contribution in [0.3, 0.4) is 0 Å². The molecule has 170 valence electrons. The van der Waals surface area contributed by atoms with Gasteiger partial charge in [-0.15, -0.1) is 0 Å². The topological polar surface area (TPSA) is 83.6 Å². The summed E-state index contributed by atoms with van der Waals surface area (Å²) in [7, 11) is -3.46. The first-order chi connectivity index (χ1) is 15.1. The third-order valence-corrected chi connectivity index (χ3v) is 7.36. The van der Waals surface area contributed by atoms with Crippen LogP contribution in [0.5, 0.6) is 0 Å². The van der Waals surface area contributed by atoms with Gasteiger partial charge >= 0.3 is 0 Å². The third kappa shape index (κ3) is 4.81. The minimum atomic E-state index is -3.46. The fourth-order valence-electron chi connectivity index (χ4n) is 4.19. The second-order valence-corrected chi connectivity index (χ2v) is 10.9. The SMILES string of the molecule is CS(=O)(=O)c1cccc(C(=O)N2CCC[C@@H]2C(=O)N[C@@H](c2ccc(Cl)cc2F)C2CC2)c1. The molecule has 9 heteroatoms. The lowest BCUT2D eigenvalue weighted by atomic mass is 10.0. The molecule has 2 aromatic rings. The number of halogens is 2. The second kappa shape index (κ2) is 8.83. The number of benzene rings is 2. The minimum absolute atomic E-state index is 0.0514. The van der Waals surface area contributed by atoms with Crippen molar-refractivity contribution in [2.24, 2.45) is 5.92 Å². The van der Waals surface area contributed by atoms with Crippen molar-refractivity contribution >= 4 is 33.3 Å². The number of nitrogens with zero attached hydrogens (tertiary/aromatic N) is 1. The number of hydrogen-bond acceptors (Lipinski definition) is 4. The standard InChI is InChI=1S/C23H24ClFN2O4S/c1-32(30,31)17-5-2-4-15(12-17)23(29)27-11-3-6-20(27)22(28)26-21(14-7-8-14)18-10-9-16(24)13-19(18)25/h2,4-5,9-10,12-14,20-21H,3,6-8,11H2,1H3,(H,26,28)/t20-,21-/m1/s1. The van der Waals surface area contributed by atoms with Gasteiger partial charge in [0.1, 0.15) is 11.9 Å². The predicted molar refractivity (Wildman–Crippen MR) is 119 cm³/mol. The molecule has 0 spiro atoms. The van der Waals surface area contributed by atoms with Crippen molar-refractivity contribution in [2.45, 2.75) is 42.7 Å². The molecule has 0 aromatic heterocycles. The van der Waals surface area contributed by atoms with Crippen LogP contribution in [-0.2, 0) is 14.6 Å². The zero-order chi connectivity index (χ0) is 23.0. The zero-order valence-electron chi connectivity index (χ0n) is 17.6. The van der Waals surface area contributed by atoms with Gasteiger partial charge in [0.15, 0.2) is 9.84 Å². The highest BCUT2D eigenvalue weighted by Gasteiger charge is 2.39. The molecule has 2 fully saturated rings. The number of nitrogens with one attached hydrogen (secondary N) is 1. The van der Waals surface area contributed by atoms with E-state index in [0.29, 0.717) is 24.9 Å². The number of sulfone groups is 1. The highest BCUT2D eigenvalue weighted by molar-refractivity contribution is 7.90. The average molecular weight is 479 g/mol. The summed E-state index contributed by atoms with van der Waals surface area (Å²) in [5, 5.41) is 3.25. The Morgan fingerprint density at radius 1 is 1.16 bits per heavy atom. The van der Waals surface area contributed by atoms with Crippen LogP contribution in [0.25, 0.3) is 0 Å². The maximum absolute atomic E-state index is 14.5. The van der Waals surface area contributed by atoms with Crippen LogP contribution >= 0.6 is 11.6 Å². The molecular formula is C23H24ClFN2O4S. The molecular weight excluding hydrogens is 455 g/mol. The summed E-state index contributed by atoms with van der Waals surface area (Å²) in [6.45, 7) is 0.392. The van der Waals surface area contributed by atoms with Gasteiger partial charge in [-0.3, -0.25) is 9.59 Å². The lowest BCUT2D eigenvalue weighted by Crippen LogP contribution is -2.47. The van der Waals surface area contributed by atoms with Gasteiger partial charge in [0.05, 0.1) is 10.9 Å². The van der Waals surface area contributed by atoms with E-state index in [0.717, 1.165) is 19.1 Å². The molecule has 2 aromatic carbocycles. The van der Waals surface area contributed by atoms with Crippen LogP contribution in [0.1, 0.15) is 47.6 Å². The van der Waals surface area contributed by atoms with Crippen LogP contribution in [0, 0.1) is 11.7 Å². The van der Waals surface area contributed by atoms with Gasteiger partial charge in [-0.05, 0) is 61.9 Å². The van der Waals surface area contributed by atoms with Gasteiger partial charge < -0.3 is 10.2 Å². The second-order valence-electron chi connectivity index (χ2n) is 8.45. The summed E-state index contributed by atoms with van der Waals surface area (Å²) in [6.07, 6.45) is 4.00. The normalized spacial score (nSPS) is 19.6. The van der Waals surface area contributed by atoms with Crippen LogP contribution in [0.15, 0.2) is 47.4 Å². The van der Waals surface area contributed by atoms with E-state index in [1.54, 1.807) is 18.2 Å². The number of rotatable bonds is 6. The van der Waals surface area contributed by atoms with Gasteiger partial charge in [0, 0.05) is 29.0 Å². The highest BCUT2D eigenvalue weighted by atomic mass is 35.5. The van der Waals surface area contributed by atoms with E-state index in [1.165, 1.54) is 29.2 Å². The van der Waals surface area contributed by atoms with E-state index >= 15 is 0 Å². The van der Waals surface area contributed by atoms with Gasteiger partial charge in [-0.1, -0.05) is 23.7 Å². The molecule has 1 saturated carbocycles. The molecule has 1 N–H and O–H groups in total. The fourth-order valence-corrected chi connectivity index (χ4v) is 5.02. The molecule has 1 saturated heterocycles. The number of hydrogen-bond donors (Lipinski definition) is 1. The van der Waals surface area contributed by atoms with E-state index in [2.05, 4.69) is 5.32 Å². The van der Waals surface area contributed by atoms with Crippen LogP contribution in [0.2, 0.25) is 5.02 Å². The molecule has 0 radical (unpaired) electrons. The summed E-state index contributed by atoms with van der Waals surface area (Å²) in [5.41, 5.74) is 0.608. The van der Waals surface area contributed by atoms with Crippen molar-refractivity contribution in [2.75, 3.05) is 12.8 Å². The summed E-state index contributed by atoms with van der Waals surface area (Å²) in [5.74, 6) is -1.05. The van der Waals surface area contributed by atoms with Gasteiger partial charge in [-0.2, -0.15) is 0 Å². The van der Waals surface area contributed by atoms with E-state index in [9.17, 15) is 22.4 Å². The van der Waals surface area contributed by atoms with Gasteiger partial charge in [0.25, 0.3) is 5.91 Å². The summed E-state index contributed by atoms with van der Waals surface area (Å²) in [4.78, 5) is 27.8. The largest absolute Gasteiger partial charge is 0.347 e. The molecule has 2 atom stereocenters. The first-order valence-corrected chi connectivity index (χ1v) is 12.8. The monoisotopic (exact) mass is 478 g/mol. The molecule has 1 aliphatic carbocycles. The molecule has 0 bridgehead atoms. The lowest BCUT2D eigenvalue weighted by molar-refractivity contribution is -0.125. The van der Waals surface area contributed by atoms with Crippen molar-refractivity contribution < 1.29 is 22.4 Å². The Balaban J connectivity index is 1.54. The van der Waals surface area contributed by atoms with Gasteiger partial charge in [0.2, 0.25) is 5.91 Å². The Bertz CT molecular complexity index is 1170. The number of carbonyl (C=O) groups excluding carboxylic acids is 2. The van der Waals surface area contributed by atoms with Gasteiger partial charge in [-0.25, -0.2) is 12.8 Å². The van der Waals surface area contributed by atoms with E-state index < -0.39 is 33.6 Å². The first-order valence-electron chi connectivity index (χ1n) is 10.5. The Labute approximate surface area is 191 Å². The zero-order valence-corrected chi connectivity index (χ0v) is 19.1. The van der Waals surface area contributed by atoms with Crippen molar-refractivity contribution in [3.8, 4) is 0 Å². The summed E-state index contributed by atoms with van der Waals surface area (Å²) in [6, 6.07) is 9.08.